The number of hydrogen-bond donors (Lipinski definition) is 2. The van der Waals surface area contributed by atoms with Crippen LogP contribution in [-0.4, -0.2) is 24.7 Å². The molecule has 1 atom stereocenters. The molecule has 2 aromatic rings. The number of methoxy groups -OCH3 is 1. The molecule has 0 aliphatic carbocycles. The molecular formula is C19H23NO4. The fraction of sp³-hybridized carbons (Fsp3) is 0.316. The van der Waals surface area contributed by atoms with Crippen LogP contribution in [0.25, 0.3) is 0 Å². The fourth-order valence-corrected chi connectivity index (χ4v) is 2.38. The van der Waals surface area contributed by atoms with E-state index in [1.165, 1.54) is 6.07 Å². The van der Waals surface area contributed by atoms with Crippen molar-refractivity contribution in [3.63, 3.8) is 0 Å². The Bertz CT molecular complexity index is 667. The molecule has 0 saturated heterocycles. The third-order valence-electron chi connectivity index (χ3n) is 3.68. The lowest BCUT2D eigenvalue weighted by molar-refractivity contribution is -0.124. The van der Waals surface area contributed by atoms with E-state index in [-0.39, 0.29) is 36.0 Å². The van der Waals surface area contributed by atoms with Crippen molar-refractivity contribution >= 4 is 5.91 Å². The smallest absolute Gasteiger partial charge is 0.258 e. The number of carbonyl (C=O) groups is 1. The highest BCUT2D eigenvalue weighted by atomic mass is 16.5. The van der Waals surface area contributed by atoms with Gasteiger partial charge in [0.25, 0.3) is 5.91 Å². The monoisotopic (exact) mass is 329 g/mol. The molecule has 2 rings (SSSR count). The Morgan fingerprint density at radius 2 is 1.79 bits per heavy atom. The molecule has 0 radical (unpaired) electrons. The molecule has 5 heteroatoms. The van der Waals surface area contributed by atoms with Crippen LogP contribution in [0.2, 0.25) is 0 Å². The largest absolute Gasteiger partial charge is 0.504 e. The van der Waals surface area contributed by atoms with Crippen LogP contribution in [0.5, 0.6) is 17.2 Å². The maximum Gasteiger partial charge on any atom is 0.258 e. The lowest BCUT2D eigenvalue weighted by Gasteiger charge is -2.23. The summed E-state index contributed by atoms with van der Waals surface area (Å²) in [7, 11) is 1.62. The van der Waals surface area contributed by atoms with Gasteiger partial charge in [-0.25, -0.2) is 0 Å². The summed E-state index contributed by atoms with van der Waals surface area (Å²) in [6, 6.07) is 14.1. The van der Waals surface area contributed by atoms with E-state index in [0.717, 1.165) is 11.3 Å². The zero-order chi connectivity index (χ0) is 17.5. The number of phenolic OH excluding ortho intramolecular Hbond substituents is 1. The molecule has 128 valence electrons. The number of ether oxygens (including phenoxy) is 2. The van der Waals surface area contributed by atoms with Gasteiger partial charge in [-0.3, -0.25) is 4.79 Å². The van der Waals surface area contributed by atoms with E-state index < -0.39 is 0 Å². The van der Waals surface area contributed by atoms with Gasteiger partial charge in [0.2, 0.25) is 0 Å². The Morgan fingerprint density at radius 3 is 2.38 bits per heavy atom. The highest BCUT2D eigenvalue weighted by Gasteiger charge is 2.19. The second-order valence-electron chi connectivity index (χ2n) is 5.82. The number of phenols is 1. The highest BCUT2D eigenvalue weighted by molar-refractivity contribution is 5.78. The number of aromatic hydroxyl groups is 1. The van der Waals surface area contributed by atoms with Crippen LogP contribution < -0.4 is 14.8 Å². The van der Waals surface area contributed by atoms with Crippen molar-refractivity contribution in [2.45, 2.75) is 19.9 Å². The van der Waals surface area contributed by atoms with Crippen molar-refractivity contribution in [2.75, 3.05) is 13.7 Å². The van der Waals surface area contributed by atoms with E-state index in [0.29, 0.717) is 0 Å². The molecule has 2 aromatic carbocycles. The Balaban J connectivity index is 1.99. The Morgan fingerprint density at radius 1 is 1.12 bits per heavy atom. The normalized spacial score (nSPS) is 11.8. The van der Waals surface area contributed by atoms with Gasteiger partial charge in [0, 0.05) is 0 Å². The highest BCUT2D eigenvalue weighted by Crippen LogP contribution is 2.25. The molecule has 0 heterocycles. The molecule has 0 fully saturated rings. The van der Waals surface area contributed by atoms with Crippen LogP contribution in [0.1, 0.15) is 25.5 Å². The van der Waals surface area contributed by atoms with Crippen molar-refractivity contribution in [3.05, 3.63) is 54.1 Å². The predicted molar refractivity (Wildman–Crippen MR) is 92.3 cm³/mol. The van der Waals surface area contributed by atoms with E-state index in [9.17, 15) is 9.90 Å². The molecule has 5 nitrogen and oxygen atoms in total. The third kappa shape index (κ3) is 4.65. The first-order valence-electron chi connectivity index (χ1n) is 7.85. The summed E-state index contributed by atoms with van der Waals surface area (Å²) < 4.78 is 10.5. The van der Waals surface area contributed by atoms with Gasteiger partial charge < -0.3 is 19.9 Å². The molecular weight excluding hydrogens is 306 g/mol. The van der Waals surface area contributed by atoms with E-state index in [1.807, 2.05) is 38.1 Å². The lowest BCUT2D eigenvalue weighted by Crippen LogP contribution is -2.35. The molecule has 1 amide bonds. The minimum atomic E-state index is -0.243. The first-order valence-corrected chi connectivity index (χ1v) is 7.85. The van der Waals surface area contributed by atoms with Gasteiger partial charge in [0.1, 0.15) is 5.75 Å². The fourth-order valence-electron chi connectivity index (χ4n) is 2.38. The zero-order valence-corrected chi connectivity index (χ0v) is 14.2. The topological polar surface area (TPSA) is 67.8 Å². The van der Waals surface area contributed by atoms with E-state index >= 15 is 0 Å². The summed E-state index contributed by atoms with van der Waals surface area (Å²) in [6.45, 7) is 3.93. The van der Waals surface area contributed by atoms with Crippen LogP contribution in [-0.2, 0) is 4.79 Å². The Kier molecular flexibility index (Phi) is 6.07. The van der Waals surface area contributed by atoms with Crippen LogP contribution in [0.3, 0.4) is 0 Å². The van der Waals surface area contributed by atoms with Crippen molar-refractivity contribution in [1.29, 1.82) is 0 Å². The van der Waals surface area contributed by atoms with Crippen molar-refractivity contribution in [2.24, 2.45) is 5.92 Å². The molecule has 0 bridgehead atoms. The molecule has 0 aromatic heterocycles. The minimum absolute atomic E-state index is 0.0147. The van der Waals surface area contributed by atoms with Crippen molar-refractivity contribution < 1.29 is 19.4 Å². The molecule has 0 saturated carbocycles. The van der Waals surface area contributed by atoms with Crippen LogP contribution in [0, 0.1) is 5.92 Å². The first kappa shape index (κ1) is 17.7. The van der Waals surface area contributed by atoms with Crippen LogP contribution in [0.15, 0.2) is 48.5 Å². The van der Waals surface area contributed by atoms with Crippen molar-refractivity contribution in [3.8, 4) is 17.2 Å². The van der Waals surface area contributed by atoms with Gasteiger partial charge in [-0.1, -0.05) is 38.1 Å². The van der Waals surface area contributed by atoms with E-state index in [1.54, 1.807) is 25.3 Å². The number of nitrogens with one attached hydrogen (secondary N) is 1. The lowest BCUT2D eigenvalue weighted by atomic mass is 9.96. The number of hydrogen-bond acceptors (Lipinski definition) is 4. The summed E-state index contributed by atoms with van der Waals surface area (Å²) in [5, 5.41) is 12.6. The maximum absolute atomic E-state index is 12.2. The van der Waals surface area contributed by atoms with Crippen LogP contribution in [0.4, 0.5) is 0 Å². The first-order chi connectivity index (χ1) is 11.5. The van der Waals surface area contributed by atoms with E-state index in [2.05, 4.69) is 5.32 Å². The number of amides is 1. The third-order valence-corrected chi connectivity index (χ3v) is 3.68. The van der Waals surface area contributed by atoms with Crippen molar-refractivity contribution in [1.82, 2.24) is 5.32 Å². The standard InChI is InChI=1S/C19H23NO4/c1-13(2)19(14-8-10-15(23-3)11-9-14)20-18(22)12-24-17-7-5-4-6-16(17)21/h4-11,13,19,21H,12H2,1-3H3,(H,20,22). The quantitative estimate of drug-likeness (QED) is 0.818. The van der Waals surface area contributed by atoms with Crippen LogP contribution >= 0.6 is 0 Å². The summed E-state index contributed by atoms with van der Waals surface area (Å²) in [5.74, 6) is 1.05. The second-order valence-corrected chi connectivity index (χ2v) is 5.82. The summed E-state index contributed by atoms with van der Waals surface area (Å²) in [5.41, 5.74) is 1.00. The second kappa shape index (κ2) is 8.24. The van der Waals surface area contributed by atoms with Gasteiger partial charge in [0.05, 0.1) is 13.2 Å². The van der Waals surface area contributed by atoms with Gasteiger partial charge in [-0.05, 0) is 35.7 Å². The van der Waals surface area contributed by atoms with E-state index in [4.69, 9.17) is 9.47 Å². The SMILES string of the molecule is COc1ccc(C(NC(=O)COc2ccccc2O)C(C)C)cc1. The number of para-hydroxylation sites is 2. The van der Waals surface area contributed by atoms with Gasteiger partial charge in [0.15, 0.2) is 18.1 Å². The molecule has 0 aliphatic rings. The number of benzene rings is 2. The summed E-state index contributed by atoms with van der Waals surface area (Å²) in [6.07, 6.45) is 0. The zero-order valence-electron chi connectivity index (χ0n) is 14.2. The molecule has 1 unspecified atom stereocenters. The minimum Gasteiger partial charge on any atom is -0.504 e. The molecule has 0 aliphatic heterocycles. The summed E-state index contributed by atoms with van der Waals surface area (Å²) >= 11 is 0. The molecule has 0 spiro atoms. The average molecular weight is 329 g/mol. The molecule has 2 N–H and O–H groups in total. The van der Waals surface area contributed by atoms with Gasteiger partial charge in [-0.2, -0.15) is 0 Å². The number of rotatable bonds is 7. The maximum atomic E-state index is 12.2. The Hall–Kier alpha value is -2.69. The molecule has 24 heavy (non-hydrogen) atoms. The summed E-state index contributed by atoms with van der Waals surface area (Å²) in [4.78, 5) is 12.2. The Labute approximate surface area is 142 Å². The average Bonchev–Trinajstić information content (AvgIpc) is 2.59. The van der Waals surface area contributed by atoms with Gasteiger partial charge in [-0.15, -0.1) is 0 Å². The van der Waals surface area contributed by atoms with Gasteiger partial charge >= 0.3 is 0 Å². The predicted octanol–water partition coefficient (Wildman–Crippen LogP) is 3.29. The number of carbonyl (C=O) groups excluding carboxylic acids is 1.